The molecule has 3 aliphatic rings. The highest BCUT2D eigenvalue weighted by atomic mass is 19.1. The van der Waals surface area contributed by atoms with Crippen molar-refractivity contribution in [1.29, 1.82) is 0 Å². The molecule has 3 aliphatic heterocycles. The van der Waals surface area contributed by atoms with Gasteiger partial charge in [-0.05, 0) is 51.5 Å². The fraction of sp³-hybridized carbons (Fsp3) is 0.450. The molecule has 1 aromatic heterocycles. The summed E-state index contributed by atoms with van der Waals surface area (Å²) in [6, 6.07) is 11.0. The molecular formula is C40H45F3N6O8. The standard InChI is InChI=1S/C40H45F3N6O8/c1-24(50)37(53)49(21-26-18-47(22-31(26)43)39(55)57-40(2,3)4)35(27-19-46(20-27)38(54)56-15-14-48-33(51)12-13-34(48)52)36-44-32(29-16-28(41)10-11-30(29)42)23-45(36)17-25-8-6-5-7-9-25/h5-13,16,23-24,26-27,31,35,50H,14-15,17-22H2,1-4H3/t24-,26-,31-,35+/m0/s1. The quantitative estimate of drug-likeness (QED) is 0.264. The largest absolute Gasteiger partial charge is 0.448 e. The van der Waals surface area contributed by atoms with Gasteiger partial charge in [0.05, 0.1) is 24.8 Å². The van der Waals surface area contributed by atoms with Crippen molar-refractivity contribution in [3.63, 3.8) is 0 Å². The molecular weight excluding hydrogens is 749 g/mol. The van der Waals surface area contributed by atoms with Crippen LogP contribution in [-0.2, 0) is 30.4 Å². The smallest absolute Gasteiger partial charge is 0.410 e. The van der Waals surface area contributed by atoms with Gasteiger partial charge in [0, 0.05) is 68.5 Å². The summed E-state index contributed by atoms with van der Waals surface area (Å²) < 4.78 is 58.1. The van der Waals surface area contributed by atoms with Crippen LogP contribution in [-0.4, -0.2) is 128 Å². The highest BCUT2D eigenvalue weighted by Gasteiger charge is 2.47. The van der Waals surface area contributed by atoms with E-state index >= 15 is 8.78 Å². The molecule has 4 heterocycles. The lowest BCUT2D eigenvalue weighted by Crippen LogP contribution is -2.58. The van der Waals surface area contributed by atoms with Crippen molar-refractivity contribution in [1.82, 2.24) is 29.2 Å². The Labute approximate surface area is 327 Å². The summed E-state index contributed by atoms with van der Waals surface area (Å²) >= 11 is 0. The Balaban J connectivity index is 1.35. The third-order valence-corrected chi connectivity index (χ3v) is 9.95. The molecule has 4 atom stereocenters. The van der Waals surface area contributed by atoms with E-state index in [0.29, 0.717) is 0 Å². The second kappa shape index (κ2) is 16.8. The molecule has 14 nitrogen and oxygen atoms in total. The van der Waals surface area contributed by atoms with E-state index in [4.69, 9.17) is 14.5 Å². The van der Waals surface area contributed by atoms with E-state index in [2.05, 4.69) is 0 Å². The maximum Gasteiger partial charge on any atom is 0.410 e. The maximum atomic E-state index is 15.9. The van der Waals surface area contributed by atoms with E-state index in [-0.39, 0.29) is 69.5 Å². The molecule has 2 aromatic carbocycles. The number of nitrogens with zero attached hydrogens (tertiary/aromatic N) is 6. The third kappa shape index (κ3) is 9.47. The molecule has 0 unspecified atom stereocenters. The second-order valence-corrected chi connectivity index (χ2v) is 15.4. The van der Waals surface area contributed by atoms with Gasteiger partial charge in [-0.25, -0.2) is 27.7 Å². The number of imide groups is 1. The van der Waals surface area contributed by atoms with Gasteiger partial charge in [-0.2, -0.15) is 0 Å². The van der Waals surface area contributed by atoms with E-state index in [1.54, 1.807) is 25.3 Å². The van der Waals surface area contributed by atoms with Crippen molar-refractivity contribution in [3.8, 4) is 11.3 Å². The SMILES string of the molecule is C[C@H](O)C(=O)N(C[C@@H]1CN(C(=O)OC(C)(C)C)C[C@@H]1F)[C@@H](c1nc(-c2cc(F)ccc2F)cn1Cc1ccccc1)C1CN(C(=O)OCCN2C(=O)C=CC2=O)C1. The molecule has 2 saturated heterocycles. The van der Waals surface area contributed by atoms with Crippen LogP contribution in [0.1, 0.15) is 45.1 Å². The maximum absolute atomic E-state index is 15.9. The van der Waals surface area contributed by atoms with E-state index in [9.17, 15) is 33.5 Å². The molecule has 6 rings (SSSR count). The lowest BCUT2D eigenvalue weighted by molar-refractivity contribution is -0.146. The molecule has 0 radical (unpaired) electrons. The number of amides is 5. The highest BCUT2D eigenvalue weighted by molar-refractivity contribution is 6.12. The fourth-order valence-electron chi connectivity index (χ4n) is 7.14. The van der Waals surface area contributed by atoms with Crippen LogP contribution >= 0.6 is 0 Å². The number of hydrogen-bond donors (Lipinski definition) is 1. The lowest BCUT2D eigenvalue weighted by atomic mass is 9.88. The van der Waals surface area contributed by atoms with Crippen molar-refractivity contribution >= 4 is 29.9 Å². The van der Waals surface area contributed by atoms with Crippen LogP contribution in [0.4, 0.5) is 22.8 Å². The van der Waals surface area contributed by atoms with Crippen molar-refractivity contribution in [2.45, 2.75) is 58.2 Å². The van der Waals surface area contributed by atoms with Crippen LogP contribution in [0.5, 0.6) is 0 Å². The van der Waals surface area contributed by atoms with Crippen molar-refractivity contribution in [2.24, 2.45) is 11.8 Å². The van der Waals surface area contributed by atoms with Gasteiger partial charge in [0.1, 0.15) is 41.9 Å². The van der Waals surface area contributed by atoms with E-state index in [1.807, 2.05) is 30.3 Å². The number of ether oxygens (including phenoxy) is 2. The number of likely N-dealkylation sites (tertiary alicyclic amines) is 2. The van der Waals surface area contributed by atoms with E-state index in [1.165, 1.54) is 27.8 Å². The van der Waals surface area contributed by atoms with Crippen LogP contribution in [0.25, 0.3) is 11.3 Å². The highest BCUT2D eigenvalue weighted by Crippen LogP contribution is 2.39. The Morgan fingerprint density at radius 1 is 0.965 bits per heavy atom. The van der Waals surface area contributed by atoms with Crippen LogP contribution in [0.15, 0.2) is 66.9 Å². The Hall–Kier alpha value is -5.71. The topological polar surface area (TPSA) is 155 Å². The van der Waals surface area contributed by atoms with Crippen LogP contribution in [0.3, 0.4) is 0 Å². The average molecular weight is 795 g/mol. The summed E-state index contributed by atoms with van der Waals surface area (Å²) in [6.45, 7) is 5.35. The van der Waals surface area contributed by atoms with Gasteiger partial charge in [-0.15, -0.1) is 0 Å². The molecule has 0 bridgehead atoms. The first-order valence-corrected chi connectivity index (χ1v) is 18.6. The van der Waals surface area contributed by atoms with Crippen LogP contribution in [0, 0.1) is 23.5 Å². The summed E-state index contributed by atoms with van der Waals surface area (Å²) in [5.41, 5.74) is -0.145. The predicted molar refractivity (Wildman–Crippen MR) is 198 cm³/mol. The Kier molecular flexibility index (Phi) is 12.1. The van der Waals surface area contributed by atoms with E-state index < -0.39 is 77.3 Å². The molecule has 17 heteroatoms. The average Bonchev–Trinajstić information content (AvgIpc) is 3.81. The minimum absolute atomic E-state index is 0.00810. The molecule has 3 aromatic rings. The van der Waals surface area contributed by atoms with Gasteiger partial charge in [0.2, 0.25) is 0 Å². The minimum Gasteiger partial charge on any atom is -0.448 e. The van der Waals surface area contributed by atoms with Gasteiger partial charge in [0.25, 0.3) is 17.7 Å². The number of carbonyl (C=O) groups is 5. The van der Waals surface area contributed by atoms with Gasteiger partial charge in [-0.3, -0.25) is 19.3 Å². The van der Waals surface area contributed by atoms with Crippen LogP contribution < -0.4 is 0 Å². The first-order chi connectivity index (χ1) is 27.0. The number of aromatic nitrogens is 2. The zero-order chi connectivity index (χ0) is 41.2. The van der Waals surface area contributed by atoms with Crippen LogP contribution in [0.2, 0.25) is 0 Å². The zero-order valence-corrected chi connectivity index (χ0v) is 32.0. The minimum atomic E-state index is -1.58. The lowest BCUT2D eigenvalue weighted by Gasteiger charge is -2.46. The first-order valence-electron chi connectivity index (χ1n) is 18.6. The summed E-state index contributed by atoms with van der Waals surface area (Å²) in [5.74, 6) is -4.63. The molecule has 5 amide bonds. The zero-order valence-electron chi connectivity index (χ0n) is 32.0. The second-order valence-electron chi connectivity index (χ2n) is 15.4. The van der Waals surface area contributed by atoms with Gasteiger partial charge < -0.3 is 33.8 Å². The molecule has 0 aliphatic carbocycles. The summed E-state index contributed by atoms with van der Waals surface area (Å²) in [5, 5.41) is 10.8. The van der Waals surface area contributed by atoms with Crippen molar-refractivity contribution in [3.05, 3.63) is 89.9 Å². The number of alkyl halides is 1. The normalized spacial score (nSPS) is 19.5. The number of aliphatic hydroxyl groups excluding tert-OH is 1. The molecule has 1 N–H and O–H groups in total. The Bertz CT molecular complexity index is 2010. The van der Waals surface area contributed by atoms with Gasteiger partial charge in [0.15, 0.2) is 0 Å². The third-order valence-electron chi connectivity index (χ3n) is 9.95. The van der Waals surface area contributed by atoms with Gasteiger partial charge >= 0.3 is 12.2 Å². The summed E-state index contributed by atoms with van der Waals surface area (Å²) in [4.78, 5) is 73.6. The van der Waals surface area contributed by atoms with E-state index in [0.717, 1.165) is 40.8 Å². The number of hydrogen-bond acceptors (Lipinski definition) is 9. The number of carbonyl (C=O) groups excluding carboxylic acids is 5. The molecule has 0 spiro atoms. The van der Waals surface area contributed by atoms with Crippen molar-refractivity contribution in [2.75, 3.05) is 45.9 Å². The number of imidazole rings is 1. The summed E-state index contributed by atoms with van der Waals surface area (Å²) in [6.07, 6.45) is -0.873. The molecule has 57 heavy (non-hydrogen) atoms. The number of rotatable bonds is 12. The first kappa shape index (κ1) is 40.9. The molecule has 0 saturated carbocycles. The number of benzene rings is 2. The number of aliphatic hydroxyl groups is 1. The van der Waals surface area contributed by atoms with Crippen molar-refractivity contribution < 1.29 is 51.7 Å². The number of halogens is 3. The molecule has 304 valence electrons. The summed E-state index contributed by atoms with van der Waals surface area (Å²) in [7, 11) is 0. The fourth-order valence-corrected chi connectivity index (χ4v) is 7.14. The molecule has 2 fully saturated rings. The predicted octanol–water partition coefficient (Wildman–Crippen LogP) is 4.33. The van der Waals surface area contributed by atoms with Gasteiger partial charge in [-0.1, -0.05) is 30.3 Å². The Morgan fingerprint density at radius 2 is 1.63 bits per heavy atom. The monoisotopic (exact) mass is 794 g/mol. The Morgan fingerprint density at radius 3 is 2.28 bits per heavy atom.